The second-order valence-corrected chi connectivity index (χ2v) is 6.76. The van der Waals surface area contributed by atoms with E-state index in [0.717, 1.165) is 19.4 Å². The van der Waals surface area contributed by atoms with Gasteiger partial charge < -0.3 is 15.1 Å². The van der Waals surface area contributed by atoms with Crippen LogP contribution in [0.3, 0.4) is 0 Å². The summed E-state index contributed by atoms with van der Waals surface area (Å²) in [6, 6.07) is 5.41. The van der Waals surface area contributed by atoms with Gasteiger partial charge in [0.05, 0.1) is 24.5 Å². The van der Waals surface area contributed by atoms with E-state index in [1.807, 2.05) is 4.90 Å². The van der Waals surface area contributed by atoms with Crippen molar-refractivity contribution < 1.29 is 9.21 Å². The normalized spacial score (nSPS) is 16.7. The molecule has 0 fully saturated rings. The first-order valence-corrected chi connectivity index (χ1v) is 8.72. The molecule has 0 saturated heterocycles. The molecule has 7 nitrogen and oxygen atoms in total. The molecule has 1 amide bonds. The predicted molar refractivity (Wildman–Crippen MR) is 92.0 cm³/mol. The van der Waals surface area contributed by atoms with Crippen LogP contribution in [0.25, 0.3) is 11.1 Å². The Morgan fingerprint density at radius 2 is 2.08 bits per heavy atom. The van der Waals surface area contributed by atoms with Crippen LogP contribution in [-0.4, -0.2) is 32.1 Å². The number of anilines is 1. The third kappa shape index (κ3) is 2.30. The lowest BCUT2D eigenvalue weighted by atomic mass is 9.95. The number of hydrogen-bond acceptors (Lipinski definition) is 5. The number of amides is 1. The number of aryl methyl sites for hydroxylation is 1. The van der Waals surface area contributed by atoms with E-state index in [1.165, 1.54) is 29.8 Å². The lowest BCUT2D eigenvalue weighted by Crippen LogP contribution is -2.38. The summed E-state index contributed by atoms with van der Waals surface area (Å²) in [7, 11) is 0. The predicted octanol–water partition coefficient (Wildman–Crippen LogP) is 2.14. The standard InChI is InChI=1S/C18H19N5O2/c19-18-20-14-6-5-11(9-16(14)25-18)17(24)22-7-8-23-15(10-22)12-3-1-2-4-13(12)21-23/h5-6,9H,1-4,7-8,10H2,(H2,19,20). The van der Waals surface area contributed by atoms with Crippen molar-refractivity contribution in [2.45, 2.75) is 38.8 Å². The zero-order chi connectivity index (χ0) is 17.0. The largest absolute Gasteiger partial charge is 0.424 e. The van der Waals surface area contributed by atoms with Crippen LogP contribution in [0.4, 0.5) is 6.01 Å². The first-order valence-electron chi connectivity index (χ1n) is 8.72. The van der Waals surface area contributed by atoms with Gasteiger partial charge in [0, 0.05) is 12.1 Å². The summed E-state index contributed by atoms with van der Waals surface area (Å²) in [5, 5.41) is 4.74. The Balaban J connectivity index is 1.45. The van der Waals surface area contributed by atoms with Crippen LogP contribution in [0.2, 0.25) is 0 Å². The van der Waals surface area contributed by atoms with Crippen molar-refractivity contribution in [3.63, 3.8) is 0 Å². The molecule has 25 heavy (non-hydrogen) atoms. The van der Waals surface area contributed by atoms with Gasteiger partial charge in [-0.05, 0) is 49.4 Å². The van der Waals surface area contributed by atoms with Crippen molar-refractivity contribution in [1.29, 1.82) is 0 Å². The van der Waals surface area contributed by atoms with E-state index in [-0.39, 0.29) is 11.9 Å². The third-order valence-electron chi connectivity index (χ3n) is 5.20. The molecule has 3 aromatic rings. The highest BCUT2D eigenvalue weighted by molar-refractivity contribution is 5.97. The molecule has 1 aliphatic carbocycles. The summed E-state index contributed by atoms with van der Waals surface area (Å²) in [5.74, 6) is 0.00822. The Morgan fingerprint density at radius 3 is 3.00 bits per heavy atom. The minimum Gasteiger partial charge on any atom is -0.424 e. The van der Waals surface area contributed by atoms with Crippen LogP contribution in [0.1, 0.15) is 40.2 Å². The molecule has 0 spiro atoms. The number of benzene rings is 1. The Morgan fingerprint density at radius 1 is 1.20 bits per heavy atom. The SMILES string of the molecule is Nc1nc2ccc(C(=O)N3CCn4nc5c(c4C3)CCCC5)cc2o1. The summed E-state index contributed by atoms with van der Waals surface area (Å²) in [6.45, 7) is 2.05. The van der Waals surface area contributed by atoms with Crippen molar-refractivity contribution in [3.05, 3.63) is 40.7 Å². The van der Waals surface area contributed by atoms with Crippen LogP contribution in [-0.2, 0) is 25.9 Å². The summed E-state index contributed by atoms with van der Waals surface area (Å²) in [6.07, 6.45) is 4.57. The zero-order valence-corrected chi connectivity index (χ0v) is 13.9. The lowest BCUT2D eigenvalue weighted by molar-refractivity contribution is 0.0705. The van der Waals surface area contributed by atoms with Gasteiger partial charge in [0.15, 0.2) is 5.58 Å². The maximum absolute atomic E-state index is 13.0. The Bertz CT molecular complexity index is 987. The maximum Gasteiger partial charge on any atom is 0.292 e. The highest BCUT2D eigenvalue weighted by Crippen LogP contribution is 2.28. The number of hydrogen-bond donors (Lipinski definition) is 1. The van der Waals surface area contributed by atoms with E-state index < -0.39 is 0 Å². The van der Waals surface area contributed by atoms with Gasteiger partial charge in [-0.1, -0.05) is 0 Å². The average Bonchev–Trinajstić information content (AvgIpc) is 3.19. The smallest absolute Gasteiger partial charge is 0.292 e. The van der Waals surface area contributed by atoms with Crippen LogP contribution >= 0.6 is 0 Å². The molecule has 3 heterocycles. The molecule has 1 aliphatic heterocycles. The van der Waals surface area contributed by atoms with E-state index in [0.29, 0.717) is 29.8 Å². The van der Waals surface area contributed by atoms with Gasteiger partial charge in [0.1, 0.15) is 5.52 Å². The number of nitrogens with zero attached hydrogens (tertiary/aromatic N) is 4. The van der Waals surface area contributed by atoms with Gasteiger partial charge in [-0.25, -0.2) is 0 Å². The Labute approximate surface area is 144 Å². The molecule has 2 N–H and O–H groups in total. The van der Waals surface area contributed by atoms with Gasteiger partial charge in [-0.2, -0.15) is 10.1 Å². The van der Waals surface area contributed by atoms with Gasteiger partial charge in [0.25, 0.3) is 11.9 Å². The number of carbonyl (C=O) groups is 1. The quantitative estimate of drug-likeness (QED) is 0.735. The van der Waals surface area contributed by atoms with E-state index in [1.54, 1.807) is 18.2 Å². The fraction of sp³-hybridized carbons (Fsp3) is 0.389. The van der Waals surface area contributed by atoms with Crippen molar-refractivity contribution >= 4 is 23.0 Å². The first-order chi connectivity index (χ1) is 12.2. The first kappa shape index (κ1) is 14.5. The molecule has 0 bridgehead atoms. The molecule has 128 valence electrons. The van der Waals surface area contributed by atoms with E-state index in [4.69, 9.17) is 15.2 Å². The van der Waals surface area contributed by atoms with Crippen LogP contribution in [0.5, 0.6) is 0 Å². The molecule has 0 radical (unpaired) electrons. The van der Waals surface area contributed by atoms with Crippen LogP contribution < -0.4 is 5.73 Å². The molecular weight excluding hydrogens is 318 g/mol. The monoisotopic (exact) mass is 337 g/mol. The van der Waals surface area contributed by atoms with Crippen LogP contribution in [0, 0.1) is 0 Å². The number of fused-ring (bicyclic) bond motifs is 4. The van der Waals surface area contributed by atoms with Crippen molar-refractivity contribution in [1.82, 2.24) is 19.7 Å². The van der Waals surface area contributed by atoms with E-state index in [9.17, 15) is 4.79 Å². The number of rotatable bonds is 1. The number of oxazole rings is 1. The van der Waals surface area contributed by atoms with Crippen molar-refractivity contribution in [2.75, 3.05) is 12.3 Å². The van der Waals surface area contributed by atoms with Crippen molar-refractivity contribution in [2.24, 2.45) is 0 Å². The minimum atomic E-state index is 0.00822. The topological polar surface area (TPSA) is 90.2 Å². The lowest BCUT2D eigenvalue weighted by Gasteiger charge is -2.28. The zero-order valence-electron chi connectivity index (χ0n) is 13.9. The fourth-order valence-corrected chi connectivity index (χ4v) is 3.94. The van der Waals surface area contributed by atoms with Gasteiger partial charge in [-0.15, -0.1) is 0 Å². The average molecular weight is 337 g/mol. The number of carbonyl (C=O) groups excluding carboxylic acids is 1. The van der Waals surface area contributed by atoms with E-state index in [2.05, 4.69) is 9.67 Å². The molecule has 5 rings (SSSR count). The van der Waals surface area contributed by atoms with Crippen LogP contribution in [0.15, 0.2) is 22.6 Å². The Hall–Kier alpha value is -2.83. The van der Waals surface area contributed by atoms with Gasteiger partial charge >= 0.3 is 0 Å². The van der Waals surface area contributed by atoms with Crippen molar-refractivity contribution in [3.8, 4) is 0 Å². The molecule has 0 saturated carbocycles. The molecule has 1 aromatic carbocycles. The Kier molecular flexibility index (Phi) is 3.10. The highest BCUT2D eigenvalue weighted by atomic mass is 16.4. The number of nitrogens with two attached hydrogens (primary N) is 1. The minimum absolute atomic E-state index is 0.00822. The molecule has 2 aromatic heterocycles. The molecule has 0 atom stereocenters. The van der Waals surface area contributed by atoms with E-state index >= 15 is 0 Å². The fourth-order valence-electron chi connectivity index (χ4n) is 3.94. The molecule has 7 heteroatoms. The maximum atomic E-state index is 13.0. The third-order valence-corrected chi connectivity index (χ3v) is 5.20. The molecule has 2 aliphatic rings. The summed E-state index contributed by atoms with van der Waals surface area (Å²) in [4.78, 5) is 18.9. The number of aromatic nitrogens is 3. The second-order valence-electron chi connectivity index (χ2n) is 6.76. The number of nitrogen functional groups attached to an aromatic ring is 1. The highest BCUT2D eigenvalue weighted by Gasteiger charge is 2.28. The van der Waals surface area contributed by atoms with Gasteiger partial charge in [0.2, 0.25) is 0 Å². The summed E-state index contributed by atoms with van der Waals surface area (Å²) >= 11 is 0. The molecule has 0 unspecified atom stereocenters. The molecular formula is C18H19N5O2. The summed E-state index contributed by atoms with van der Waals surface area (Å²) < 4.78 is 7.44. The summed E-state index contributed by atoms with van der Waals surface area (Å²) in [5.41, 5.74) is 11.2. The van der Waals surface area contributed by atoms with Gasteiger partial charge in [-0.3, -0.25) is 9.48 Å². The second kappa shape index (κ2) is 5.34.